The molecule has 1 aliphatic rings. The van der Waals surface area contributed by atoms with Gasteiger partial charge in [-0.2, -0.15) is 0 Å². The number of rotatable bonds is 2. The van der Waals surface area contributed by atoms with Gasteiger partial charge in [0, 0.05) is 0 Å². The van der Waals surface area contributed by atoms with Gasteiger partial charge in [0.05, 0.1) is 17.2 Å². The van der Waals surface area contributed by atoms with Crippen molar-refractivity contribution in [3.8, 4) is 0 Å². The first kappa shape index (κ1) is 10.5. The first-order chi connectivity index (χ1) is 6.96. The van der Waals surface area contributed by atoms with Gasteiger partial charge in [0.1, 0.15) is 11.3 Å². The summed E-state index contributed by atoms with van der Waals surface area (Å²) in [7, 11) is 0. The number of thioether (sulfide) groups is 1. The standard InChI is InChI=1S/C11H13NO2S/c1-10(2)11(3,9(13)15-10)12-7-8-5-4-6-14-8/h4-7H,1-3H3. The second-order valence-corrected chi connectivity index (χ2v) is 5.84. The Morgan fingerprint density at radius 3 is 2.67 bits per heavy atom. The maximum Gasteiger partial charge on any atom is 0.218 e. The van der Waals surface area contributed by atoms with Gasteiger partial charge in [0.2, 0.25) is 5.12 Å². The average molecular weight is 223 g/mol. The monoisotopic (exact) mass is 223 g/mol. The molecule has 2 rings (SSSR count). The molecular weight excluding hydrogens is 210 g/mol. The molecule has 1 atom stereocenters. The van der Waals surface area contributed by atoms with E-state index in [1.165, 1.54) is 11.8 Å². The Labute approximate surface area is 93.0 Å². The third-order valence-electron chi connectivity index (χ3n) is 2.91. The van der Waals surface area contributed by atoms with Gasteiger partial charge in [-0.15, -0.1) is 0 Å². The van der Waals surface area contributed by atoms with E-state index in [2.05, 4.69) is 4.99 Å². The predicted molar refractivity (Wildman–Crippen MR) is 61.4 cm³/mol. The van der Waals surface area contributed by atoms with Crippen LogP contribution in [-0.2, 0) is 4.79 Å². The second kappa shape index (κ2) is 3.23. The summed E-state index contributed by atoms with van der Waals surface area (Å²) in [4.78, 5) is 15.9. The van der Waals surface area contributed by atoms with Crippen LogP contribution in [0.1, 0.15) is 26.5 Å². The minimum Gasteiger partial charge on any atom is -0.463 e. The summed E-state index contributed by atoms with van der Waals surface area (Å²) < 4.78 is 5.00. The molecular formula is C11H13NO2S. The molecule has 1 fully saturated rings. The summed E-state index contributed by atoms with van der Waals surface area (Å²) in [5, 5.41) is 0.121. The van der Waals surface area contributed by atoms with Crippen LogP contribution in [0.2, 0.25) is 0 Å². The average Bonchev–Trinajstić information content (AvgIpc) is 2.65. The SMILES string of the molecule is CC1(C)SC(=O)C1(C)N=Cc1ccco1. The molecule has 1 aromatic heterocycles. The normalized spacial score (nSPS) is 29.4. The van der Waals surface area contributed by atoms with Crippen LogP contribution in [0, 0.1) is 0 Å². The molecule has 0 aromatic carbocycles. The molecule has 15 heavy (non-hydrogen) atoms. The number of carbonyl (C=O) groups excluding carboxylic acids is 1. The minimum absolute atomic E-state index is 0.121. The van der Waals surface area contributed by atoms with Crippen molar-refractivity contribution in [3.05, 3.63) is 24.2 Å². The van der Waals surface area contributed by atoms with E-state index in [-0.39, 0.29) is 9.86 Å². The molecule has 0 saturated carbocycles. The van der Waals surface area contributed by atoms with Gasteiger partial charge >= 0.3 is 0 Å². The van der Waals surface area contributed by atoms with E-state index in [1.807, 2.05) is 26.8 Å². The highest BCUT2D eigenvalue weighted by Crippen LogP contribution is 2.52. The lowest BCUT2D eigenvalue weighted by molar-refractivity contribution is -0.117. The molecule has 1 aromatic rings. The molecule has 2 heterocycles. The third kappa shape index (κ3) is 1.53. The zero-order chi connectivity index (χ0) is 11.1. The Balaban J connectivity index is 2.21. The zero-order valence-electron chi connectivity index (χ0n) is 8.98. The highest BCUT2D eigenvalue weighted by atomic mass is 32.2. The summed E-state index contributed by atoms with van der Waals surface area (Å²) in [5.41, 5.74) is -0.621. The third-order valence-corrected chi connectivity index (χ3v) is 4.40. The molecule has 1 aliphatic heterocycles. The number of nitrogens with zero attached hydrogens (tertiary/aromatic N) is 1. The number of carbonyl (C=O) groups is 1. The fourth-order valence-corrected chi connectivity index (χ4v) is 2.56. The molecule has 0 amide bonds. The van der Waals surface area contributed by atoms with Crippen molar-refractivity contribution >= 4 is 23.1 Å². The van der Waals surface area contributed by atoms with E-state index in [0.717, 1.165) is 0 Å². The lowest BCUT2D eigenvalue weighted by Crippen LogP contribution is -2.59. The van der Waals surface area contributed by atoms with Crippen molar-refractivity contribution in [2.45, 2.75) is 31.1 Å². The van der Waals surface area contributed by atoms with E-state index < -0.39 is 5.54 Å². The number of hydrogen-bond acceptors (Lipinski definition) is 4. The van der Waals surface area contributed by atoms with Crippen molar-refractivity contribution in [1.82, 2.24) is 0 Å². The number of hydrogen-bond donors (Lipinski definition) is 0. The van der Waals surface area contributed by atoms with Gasteiger partial charge < -0.3 is 4.42 Å². The summed E-state index contributed by atoms with van der Waals surface area (Å²) >= 11 is 1.35. The van der Waals surface area contributed by atoms with Crippen molar-refractivity contribution in [2.75, 3.05) is 0 Å². The molecule has 0 aliphatic carbocycles. The van der Waals surface area contributed by atoms with Crippen molar-refractivity contribution < 1.29 is 9.21 Å². The van der Waals surface area contributed by atoms with Crippen molar-refractivity contribution in [3.63, 3.8) is 0 Å². The molecule has 4 heteroatoms. The predicted octanol–water partition coefficient (Wildman–Crippen LogP) is 2.51. The lowest BCUT2D eigenvalue weighted by Gasteiger charge is -2.47. The Morgan fingerprint density at radius 1 is 1.47 bits per heavy atom. The van der Waals surface area contributed by atoms with Crippen LogP contribution in [0.25, 0.3) is 0 Å². The van der Waals surface area contributed by atoms with E-state index in [9.17, 15) is 4.79 Å². The lowest BCUT2D eigenvalue weighted by atomic mass is 9.88. The van der Waals surface area contributed by atoms with Crippen LogP contribution in [-0.4, -0.2) is 21.6 Å². The minimum atomic E-state index is -0.621. The molecule has 80 valence electrons. The Kier molecular flexibility index (Phi) is 2.26. The fraction of sp³-hybridized carbons (Fsp3) is 0.455. The van der Waals surface area contributed by atoms with Crippen LogP contribution >= 0.6 is 11.8 Å². The summed E-state index contributed by atoms with van der Waals surface area (Å²) in [6.07, 6.45) is 3.21. The first-order valence-corrected chi connectivity index (χ1v) is 5.59. The van der Waals surface area contributed by atoms with Gasteiger partial charge in [-0.25, -0.2) is 0 Å². The van der Waals surface area contributed by atoms with E-state index in [4.69, 9.17) is 4.42 Å². The van der Waals surface area contributed by atoms with E-state index in [1.54, 1.807) is 18.5 Å². The summed E-state index contributed by atoms with van der Waals surface area (Å²) in [5.74, 6) is 0.678. The van der Waals surface area contributed by atoms with Gasteiger partial charge in [0.15, 0.2) is 0 Å². The van der Waals surface area contributed by atoms with Crippen LogP contribution in [0.5, 0.6) is 0 Å². The summed E-state index contributed by atoms with van der Waals surface area (Å²) in [6, 6.07) is 3.61. The van der Waals surface area contributed by atoms with Gasteiger partial charge in [-0.3, -0.25) is 9.79 Å². The Hall–Kier alpha value is -1.03. The molecule has 0 spiro atoms. The molecule has 0 N–H and O–H groups in total. The van der Waals surface area contributed by atoms with Crippen LogP contribution in [0.4, 0.5) is 0 Å². The second-order valence-electron chi connectivity index (χ2n) is 4.25. The van der Waals surface area contributed by atoms with Crippen LogP contribution < -0.4 is 0 Å². The van der Waals surface area contributed by atoms with Gasteiger partial charge in [0.25, 0.3) is 0 Å². The van der Waals surface area contributed by atoms with Crippen molar-refractivity contribution in [1.29, 1.82) is 0 Å². The van der Waals surface area contributed by atoms with Gasteiger partial charge in [-0.05, 0) is 32.9 Å². The summed E-state index contributed by atoms with van der Waals surface area (Å²) in [6.45, 7) is 5.92. The topological polar surface area (TPSA) is 42.6 Å². The molecule has 0 radical (unpaired) electrons. The highest BCUT2D eigenvalue weighted by Gasteiger charge is 2.58. The highest BCUT2D eigenvalue weighted by molar-refractivity contribution is 8.17. The number of aliphatic imine (C=N–C) groups is 1. The fourth-order valence-electron chi connectivity index (χ4n) is 1.40. The van der Waals surface area contributed by atoms with Gasteiger partial charge in [-0.1, -0.05) is 11.8 Å². The van der Waals surface area contributed by atoms with Crippen molar-refractivity contribution in [2.24, 2.45) is 4.99 Å². The molecule has 1 unspecified atom stereocenters. The molecule has 0 bridgehead atoms. The van der Waals surface area contributed by atoms with Crippen LogP contribution in [0.3, 0.4) is 0 Å². The van der Waals surface area contributed by atoms with Crippen LogP contribution in [0.15, 0.2) is 27.8 Å². The maximum atomic E-state index is 11.5. The van der Waals surface area contributed by atoms with E-state index >= 15 is 0 Å². The largest absolute Gasteiger partial charge is 0.463 e. The maximum absolute atomic E-state index is 11.5. The van der Waals surface area contributed by atoms with E-state index in [0.29, 0.717) is 5.76 Å². The molecule has 1 saturated heterocycles. The zero-order valence-corrected chi connectivity index (χ0v) is 9.80. The smallest absolute Gasteiger partial charge is 0.218 e. The quantitative estimate of drug-likeness (QED) is 0.723. The number of furan rings is 1. The Morgan fingerprint density at radius 2 is 2.20 bits per heavy atom. The molecule has 3 nitrogen and oxygen atoms in total. The Bertz CT molecular complexity index is 408. The first-order valence-electron chi connectivity index (χ1n) is 4.78.